The van der Waals surface area contributed by atoms with Crippen LogP contribution in [0.25, 0.3) is 10.8 Å². The summed E-state index contributed by atoms with van der Waals surface area (Å²) < 4.78 is 41.1. The van der Waals surface area contributed by atoms with Gasteiger partial charge in [-0.05, 0) is 35.9 Å². The van der Waals surface area contributed by atoms with Gasteiger partial charge in [-0.25, -0.2) is 13.4 Å². The van der Waals surface area contributed by atoms with E-state index in [4.69, 9.17) is 5.11 Å². The molecule has 0 fully saturated rings. The fraction of sp³-hybridized carbons (Fsp3) is 0.188. The van der Waals surface area contributed by atoms with Crippen LogP contribution in [0.2, 0.25) is 0 Å². The monoisotopic (exact) mass is 382 g/mol. The Labute approximate surface area is 148 Å². The fourth-order valence-electron chi connectivity index (χ4n) is 2.76. The highest BCUT2D eigenvalue weighted by Crippen LogP contribution is 2.39. The number of carboxylic acids is 1. The van der Waals surface area contributed by atoms with E-state index in [0.29, 0.717) is 28.1 Å². The Kier molecular flexibility index (Phi) is 4.36. The van der Waals surface area contributed by atoms with Crippen molar-refractivity contribution in [3.05, 3.63) is 47.7 Å². The average molecular weight is 382 g/mol. The van der Waals surface area contributed by atoms with Crippen molar-refractivity contribution in [3.63, 3.8) is 0 Å². The third-order valence-electron chi connectivity index (χ3n) is 3.91. The van der Waals surface area contributed by atoms with E-state index in [1.807, 2.05) is 0 Å². The first kappa shape index (κ1) is 17.8. The van der Waals surface area contributed by atoms with Gasteiger partial charge in [0.05, 0.1) is 6.20 Å². The Hall–Kier alpha value is -3.01. The molecule has 2 aromatic rings. The third-order valence-corrected chi connectivity index (χ3v) is 5.18. The van der Waals surface area contributed by atoms with E-state index in [0.717, 1.165) is 6.20 Å². The van der Waals surface area contributed by atoms with Gasteiger partial charge in [-0.3, -0.25) is 4.79 Å². The lowest BCUT2D eigenvalue weighted by Crippen LogP contribution is -2.30. The number of fused-ring (bicyclic) bond motifs is 1. The minimum atomic E-state index is -4.26. The molecule has 138 valence electrons. The largest absolute Gasteiger partial charge is 0.506 e. The molecule has 1 aliphatic heterocycles. The summed E-state index contributed by atoms with van der Waals surface area (Å²) in [5, 5.41) is 28.5. The number of hydrogen-bond acceptors (Lipinski definition) is 5. The van der Waals surface area contributed by atoms with E-state index < -0.39 is 39.3 Å². The predicted molar refractivity (Wildman–Crippen MR) is 91.4 cm³/mol. The maximum Gasteiger partial charge on any atom is 0.330 e. The van der Waals surface area contributed by atoms with Crippen molar-refractivity contribution >= 4 is 32.6 Å². The highest BCUT2D eigenvalue weighted by molar-refractivity contribution is 7.91. The molecular formula is C16H15FN2O6S. The summed E-state index contributed by atoms with van der Waals surface area (Å²) in [4.78, 5) is 10.6. The number of aryl methyl sites for hydroxylation is 1. The van der Waals surface area contributed by atoms with E-state index in [1.54, 1.807) is 16.9 Å². The second-order valence-electron chi connectivity index (χ2n) is 5.78. The summed E-state index contributed by atoms with van der Waals surface area (Å²) in [5.74, 6) is -3.21. The molecule has 2 aromatic carbocycles. The maximum absolute atomic E-state index is 15.0. The number of nitrogens with zero attached hydrogens (tertiary/aromatic N) is 1. The molecular weight excluding hydrogens is 367 g/mol. The normalized spacial score (nSPS) is 15.7. The van der Waals surface area contributed by atoms with E-state index in [-0.39, 0.29) is 11.8 Å². The number of rotatable bonds is 5. The van der Waals surface area contributed by atoms with Crippen LogP contribution in [0, 0.1) is 5.82 Å². The molecule has 0 aliphatic carbocycles. The van der Waals surface area contributed by atoms with E-state index >= 15 is 0 Å². The fourth-order valence-corrected chi connectivity index (χ4v) is 3.82. The molecule has 0 bridgehead atoms. The number of aliphatic hydroxyl groups excluding tert-OH is 1. The number of benzene rings is 2. The van der Waals surface area contributed by atoms with Gasteiger partial charge in [-0.15, -0.1) is 0 Å². The lowest BCUT2D eigenvalue weighted by Gasteiger charge is -2.17. The molecule has 26 heavy (non-hydrogen) atoms. The third kappa shape index (κ3) is 3.23. The number of phenols is 1. The van der Waals surface area contributed by atoms with Gasteiger partial charge in [0.15, 0.2) is 5.82 Å². The van der Waals surface area contributed by atoms with Crippen molar-refractivity contribution in [2.45, 2.75) is 19.3 Å². The standard InChI is InChI=1S/C16H15FN2O6S/c17-15-11-6-9(2-1-3-14(22)23)4-5-10(11)7-12(20)16(15)19-8-13(21)18-26(19,24)25/h4-8,18,20-21H,1-3H2,(H,22,23). The molecule has 8 nitrogen and oxygen atoms in total. The van der Waals surface area contributed by atoms with Gasteiger partial charge in [0.1, 0.15) is 11.4 Å². The van der Waals surface area contributed by atoms with Crippen molar-refractivity contribution in [2.75, 3.05) is 4.31 Å². The van der Waals surface area contributed by atoms with E-state index in [9.17, 15) is 27.8 Å². The van der Waals surface area contributed by atoms with E-state index in [1.165, 1.54) is 12.1 Å². The molecule has 0 spiro atoms. The quantitative estimate of drug-likeness (QED) is 0.627. The van der Waals surface area contributed by atoms with Crippen molar-refractivity contribution in [1.82, 2.24) is 4.72 Å². The maximum atomic E-state index is 15.0. The van der Waals surface area contributed by atoms with Crippen LogP contribution in [0.1, 0.15) is 18.4 Å². The first-order valence-corrected chi connectivity index (χ1v) is 9.02. The molecule has 0 saturated carbocycles. The van der Waals surface area contributed by atoms with E-state index in [2.05, 4.69) is 0 Å². The lowest BCUT2D eigenvalue weighted by molar-refractivity contribution is -0.137. The second kappa shape index (κ2) is 6.37. The Morgan fingerprint density at radius 2 is 1.96 bits per heavy atom. The molecule has 0 saturated heterocycles. The van der Waals surface area contributed by atoms with Gasteiger partial charge in [0, 0.05) is 11.8 Å². The van der Waals surface area contributed by atoms with Crippen LogP contribution < -0.4 is 9.03 Å². The number of halogens is 1. The van der Waals surface area contributed by atoms with Crippen LogP contribution >= 0.6 is 0 Å². The summed E-state index contributed by atoms with van der Waals surface area (Å²) in [6.07, 6.45) is 1.50. The zero-order chi connectivity index (χ0) is 19.1. The summed E-state index contributed by atoms with van der Waals surface area (Å²) in [6.45, 7) is 0. The molecule has 0 atom stereocenters. The number of phenolic OH excluding ortho intramolecular Hbond substituents is 1. The summed E-state index contributed by atoms with van der Waals surface area (Å²) in [6, 6.07) is 5.94. The van der Waals surface area contributed by atoms with Gasteiger partial charge in [-0.2, -0.15) is 8.42 Å². The highest BCUT2D eigenvalue weighted by atomic mass is 32.2. The lowest BCUT2D eigenvalue weighted by atomic mass is 10.0. The number of aliphatic hydroxyl groups is 1. The van der Waals surface area contributed by atoms with Gasteiger partial charge in [-0.1, -0.05) is 12.1 Å². The number of anilines is 1. The molecule has 0 amide bonds. The Morgan fingerprint density at radius 1 is 1.23 bits per heavy atom. The molecule has 0 aromatic heterocycles. The Bertz CT molecular complexity index is 1030. The molecule has 0 radical (unpaired) electrons. The van der Waals surface area contributed by atoms with Gasteiger partial charge >= 0.3 is 16.2 Å². The van der Waals surface area contributed by atoms with Crippen LogP contribution in [0.5, 0.6) is 5.75 Å². The van der Waals surface area contributed by atoms with Crippen molar-refractivity contribution in [2.24, 2.45) is 0 Å². The SMILES string of the molecule is O=C(O)CCCc1ccc2cc(O)c(N3C=C(O)NS3(=O)=O)c(F)c2c1. The minimum absolute atomic E-state index is 0.0247. The van der Waals surface area contributed by atoms with Gasteiger partial charge in [0.2, 0.25) is 5.88 Å². The zero-order valence-corrected chi connectivity index (χ0v) is 14.1. The van der Waals surface area contributed by atoms with Crippen LogP contribution in [-0.2, 0) is 21.4 Å². The average Bonchev–Trinajstić information content (AvgIpc) is 2.80. The molecule has 0 unspecified atom stereocenters. The first-order chi connectivity index (χ1) is 12.2. The number of nitrogens with one attached hydrogen (secondary N) is 1. The summed E-state index contributed by atoms with van der Waals surface area (Å²) in [7, 11) is -4.26. The predicted octanol–water partition coefficient (Wildman–Crippen LogP) is 2.10. The zero-order valence-electron chi connectivity index (χ0n) is 13.3. The number of hydrogen-bond donors (Lipinski definition) is 4. The molecule has 3 rings (SSSR count). The second-order valence-corrected chi connectivity index (χ2v) is 7.33. The van der Waals surface area contributed by atoms with Crippen LogP contribution in [-0.4, -0.2) is 29.7 Å². The molecule has 10 heteroatoms. The number of carbonyl (C=O) groups is 1. The Balaban J connectivity index is 2.06. The van der Waals surface area contributed by atoms with Crippen molar-refractivity contribution in [3.8, 4) is 5.75 Å². The van der Waals surface area contributed by atoms with Gasteiger partial charge < -0.3 is 15.3 Å². The highest BCUT2D eigenvalue weighted by Gasteiger charge is 2.33. The number of carboxylic acid groups (broad SMARTS) is 1. The Morgan fingerprint density at radius 3 is 2.58 bits per heavy atom. The summed E-state index contributed by atoms with van der Waals surface area (Å²) in [5.41, 5.74) is 0.0619. The minimum Gasteiger partial charge on any atom is -0.506 e. The number of aliphatic carboxylic acids is 1. The van der Waals surface area contributed by atoms with Crippen molar-refractivity contribution < 1.29 is 32.9 Å². The van der Waals surface area contributed by atoms with Crippen LogP contribution in [0.3, 0.4) is 0 Å². The van der Waals surface area contributed by atoms with Gasteiger partial charge in [0.25, 0.3) is 0 Å². The molecule has 1 heterocycles. The molecule has 1 aliphatic rings. The van der Waals surface area contributed by atoms with Crippen molar-refractivity contribution in [1.29, 1.82) is 0 Å². The first-order valence-electron chi connectivity index (χ1n) is 7.58. The molecule has 4 N–H and O–H groups in total. The van der Waals surface area contributed by atoms with Crippen LogP contribution in [0.15, 0.2) is 36.3 Å². The summed E-state index contributed by atoms with van der Waals surface area (Å²) >= 11 is 0. The van der Waals surface area contributed by atoms with Crippen LogP contribution in [0.4, 0.5) is 10.1 Å². The smallest absolute Gasteiger partial charge is 0.330 e. The topological polar surface area (TPSA) is 127 Å². The number of aromatic hydroxyl groups is 1.